The van der Waals surface area contributed by atoms with E-state index in [4.69, 9.17) is 16.3 Å². The maximum absolute atomic E-state index is 5.90. The van der Waals surface area contributed by atoms with Gasteiger partial charge in [-0.15, -0.1) is 0 Å². The summed E-state index contributed by atoms with van der Waals surface area (Å²) < 4.78 is 8.44. The number of aromatic nitrogens is 1. The molecular weight excluding hydrogens is 294 g/mol. The zero-order valence-corrected chi connectivity index (χ0v) is 12.7. The second kappa shape index (κ2) is 5.52. The van der Waals surface area contributed by atoms with E-state index in [-0.39, 0.29) is 0 Å². The Kier molecular flexibility index (Phi) is 4.90. The van der Waals surface area contributed by atoms with Gasteiger partial charge in [-0.1, -0.05) is 31.2 Å². The first-order valence-electron chi connectivity index (χ1n) is 4.98. The van der Waals surface area contributed by atoms with E-state index in [1.165, 1.54) is 6.04 Å². The van der Waals surface area contributed by atoms with Gasteiger partial charge in [0.15, 0.2) is 0 Å². The molecule has 0 aliphatic rings. The molecule has 1 aromatic rings. The van der Waals surface area contributed by atoms with Crippen LogP contribution >= 0.6 is 27.5 Å². The van der Waals surface area contributed by atoms with Gasteiger partial charge < -0.3 is 9.30 Å². The van der Waals surface area contributed by atoms with Gasteiger partial charge in [-0.25, -0.2) is 0 Å². The summed E-state index contributed by atoms with van der Waals surface area (Å²) in [7, 11) is -0.976. The van der Waals surface area contributed by atoms with E-state index in [0.29, 0.717) is 6.73 Å². The predicted octanol–water partition coefficient (Wildman–Crippen LogP) is 4.22. The van der Waals surface area contributed by atoms with E-state index in [0.717, 1.165) is 16.2 Å². The first kappa shape index (κ1) is 13.3. The summed E-state index contributed by atoms with van der Waals surface area (Å²) >= 11 is 9.30. The fourth-order valence-corrected chi connectivity index (χ4v) is 2.34. The largest absolute Gasteiger partial charge is 0.361 e. The third kappa shape index (κ3) is 4.72. The molecule has 1 heterocycles. The summed E-state index contributed by atoms with van der Waals surface area (Å²) in [5.41, 5.74) is 0. The smallest absolute Gasteiger partial charge is 0.123 e. The number of hydrogen-bond acceptors (Lipinski definition) is 1. The van der Waals surface area contributed by atoms with Gasteiger partial charge in [0.25, 0.3) is 0 Å². The lowest BCUT2D eigenvalue weighted by atomic mass is 10.7. The van der Waals surface area contributed by atoms with Gasteiger partial charge in [-0.3, -0.25) is 0 Å². The first-order valence-corrected chi connectivity index (χ1v) is 9.86. The highest BCUT2D eigenvalue weighted by Gasteiger charge is 2.12. The molecule has 0 atom stereocenters. The molecule has 0 aliphatic carbocycles. The molecular formula is C10H17BrClNOSi. The number of rotatable bonds is 5. The summed E-state index contributed by atoms with van der Waals surface area (Å²) in [6, 6.07) is 3.05. The lowest BCUT2D eigenvalue weighted by Crippen LogP contribution is -2.22. The van der Waals surface area contributed by atoms with Gasteiger partial charge in [0.05, 0.1) is 5.02 Å². The number of ether oxygens (including phenoxy) is 1. The second-order valence-electron chi connectivity index (χ2n) is 4.77. The van der Waals surface area contributed by atoms with Crippen LogP contribution in [0.2, 0.25) is 30.7 Å². The fourth-order valence-electron chi connectivity index (χ4n) is 1.07. The molecule has 86 valence electrons. The van der Waals surface area contributed by atoms with Gasteiger partial charge in [0.1, 0.15) is 11.3 Å². The molecule has 0 saturated heterocycles. The second-order valence-corrected chi connectivity index (χ2v) is 11.6. The minimum absolute atomic E-state index is 0.567. The van der Waals surface area contributed by atoms with Crippen LogP contribution in [0.1, 0.15) is 0 Å². The van der Waals surface area contributed by atoms with Crippen LogP contribution in [0.4, 0.5) is 0 Å². The van der Waals surface area contributed by atoms with E-state index in [1.54, 1.807) is 0 Å². The molecule has 0 unspecified atom stereocenters. The molecule has 0 amide bonds. The van der Waals surface area contributed by atoms with E-state index in [2.05, 4.69) is 35.6 Å². The lowest BCUT2D eigenvalue weighted by Gasteiger charge is -2.15. The van der Waals surface area contributed by atoms with Crippen molar-refractivity contribution < 1.29 is 4.74 Å². The van der Waals surface area contributed by atoms with Crippen LogP contribution in [0.15, 0.2) is 16.9 Å². The van der Waals surface area contributed by atoms with Crippen LogP contribution in [-0.2, 0) is 11.5 Å². The maximum Gasteiger partial charge on any atom is 0.123 e. The average Bonchev–Trinajstić information content (AvgIpc) is 2.42. The van der Waals surface area contributed by atoms with Gasteiger partial charge >= 0.3 is 0 Å². The highest BCUT2D eigenvalue weighted by molar-refractivity contribution is 9.10. The van der Waals surface area contributed by atoms with Gasteiger partial charge in [-0.05, 0) is 28.0 Å². The molecule has 2 nitrogen and oxygen atoms in total. The Bertz CT molecular complexity index is 322. The molecule has 0 aromatic carbocycles. The molecule has 0 radical (unpaired) electrons. The Morgan fingerprint density at radius 3 is 2.60 bits per heavy atom. The normalized spacial score (nSPS) is 12.1. The number of halogens is 2. The fraction of sp³-hybridized carbons (Fsp3) is 0.600. The van der Waals surface area contributed by atoms with Crippen molar-refractivity contribution in [2.45, 2.75) is 32.4 Å². The quantitative estimate of drug-likeness (QED) is 0.587. The van der Waals surface area contributed by atoms with Crippen molar-refractivity contribution in [1.82, 2.24) is 4.57 Å². The molecule has 1 aromatic heterocycles. The number of hydrogen-bond donors (Lipinski definition) is 0. The van der Waals surface area contributed by atoms with E-state index in [9.17, 15) is 0 Å². The Morgan fingerprint density at radius 2 is 2.13 bits per heavy atom. The van der Waals surface area contributed by atoms with Crippen molar-refractivity contribution in [1.29, 1.82) is 0 Å². The Labute approximate surface area is 106 Å². The molecule has 0 saturated carbocycles. The van der Waals surface area contributed by atoms with Crippen LogP contribution in [-0.4, -0.2) is 19.2 Å². The van der Waals surface area contributed by atoms with Crippen LogP contribution < -0.4 is 0 Å². The van der Waals surface area contributed by atoms with E-state index >= 15 is 0 Å². The van der Waals surface area contributed by atoms with Crippen molar-refractivity contribution in [3.05, 3.63) is 21.9 Å². The summed E-state index contributed by atoms with van der Waals surface area (Å²) in [6.45, 7) is 8.44. The molecule has 15 heavy (non-hydrogen) atoms. The Morgan fingerprint density at radius 1 is 1.47 bits per heavy atom. The zero-order chi connectivity index (χ0) is 11.5. The minimum atomic E-state index is -0.976. The zero-order valence-electron chi connectivity index (χ0n) is 9.39. The van der Waals surface area contributed by atoms with Crippen molar-refractivity contribution in [2.24, 2.45) is 0 Å². The van der Waals surface area contributed by atoms with Crippen LogP contribution in [0, 0.1) is 0 Å². The van der Waals surface area contributed by atoms with Crippen molar-refractivity contribution in [3.63, 3.8) is 0 Å². The highest BCUT2D eigenvalue weighted by atomic mass is 79.9. The van der Waals surface area contributed by atoms with Gasteiger partial charge in [0.2, 0.25) is 0 Å². The first-order chi connectivity index (χ1) is 6.90. The summed E-state index contributed by atoms with van der Waals surface area (Å²) in [6.07, 6.45) is 1.92. The minimum Gasteiger partial charge on any atom is -0.361 e. The van der Waals surface area contributed by atoms with Crippen LogP contribution in [0.3, 0.4) is 0 Å². The van der Waals surface area contributed by atoms with Crippen LogP contribution in [0.25, 0.3) is 0 Å². The Hall–Kier alpha value is 0.227. The summed E-state index contributed by atoms with van der Waals surface area (Å²) in [5, 5.41) is 0.726. The molecule has 1 rings (SSSR count). The molecule has 5 heteroatoms. The van der Waals surface area contributed by atoms with Crippen LogP contribution in [0.5, 0.6) is 0 Å². The molecule has 0 bridgehead atoms. The van der Waals surface area contributed by atoms with E-state index < -0.39 is 8.07 Å². The summed E-state index contributed by atoms with van der Waals surface area (Å²) in [4.78, 5) is 0. The third-order valence-electron chi connectivity index (χ3n) is 2.08. The third-order valence-corrected chi connectivity index (χ3v) is 5.20. The Balaban J connectivity index is 2.30. The lowest BCUT2D eigenvalue weighted by molar-refractivity contribution is 0.0861. The standard InChI is InChI=1S/C10H17BrClNOSi/c1-15(2,3)7-6-14-8-13-5-4-9(12)10(13)11/h4-5H,6-8H2,1-3H3. The van der Waals surface area contributed by atoms with Crippen molar-refractivity contribution in [3.8, 4) is 0 Å². The molecule has 0 spiro atoms. The highest BCUT2D eigenvalue weighted by Crippen LogP contribution is 2.23. The van der Waals surface area contributed by atoms with Crippen molar-refractivity contribution >= 4 is 35.6 Å². The van der Waals surface area contributed by atoms with E-state index in [1.807, 2.05) is 16.8 Å². The molecule has 0 N–H and O–H groups in total. The summed E-state index contributed by atoms with van der Waals surface area (Å²) in [5.74, 6) is 0. The topological polar surface area (TPSA) is 14.2 Å². The van der Waals surface area contributed by atoms with Gasteiger partial charge in [-0.2, -0.15) is 0 Å². The van der Waals surface area contributed by atoms with Gasteiger partial charge in [0, 0.05) is 20.9 Å². The van der Waals surface area contributed by atoms with Crippen molar-refractivity contribution in [2.75, 3.05) is 6.61 Å². The maximum atomic E-state index is 5.90. The SMILES string of the molecule is C[Si](C)(C)CCOCn1ccc(Cl)c1Br. The molecule has 0 aliphatic heterocycles. The average molecular weight is 311 g/mol. The monoisotopic (exact) mass is 309 g/mol. The predicted molar refractivity (Wildman–Crippen MR) is 71.2 cm³/mol. The molecule has 0 fully saturated rings. The number of nitrogens with zero attached hydrogens (tertiary/aromatic N) is 1.